The van der Waals surface area contributed by atoms with E-state index in [0.29, 0.717) is 22.2 Å². The van der Waals surface area contributed by atoms with Crippen LogP contribution in [-0.4, -0.2) is 50.2 Å². The minimum absolute atomic E-state index is 0.0475. The number of nitrogens with two attached hydrogens (primary N) is 1. The number of fused-ring (bicyclic) bond motifs is 1. The third kappa shape index (κ3) is 4.52. The number of benzene rings is 3. The highest BCUT2D eigenvalue weighted by Crippen LogP contribution is 2.42. The number of aromatic hydroxyl groups is 2. The van der Waals surface area contributed by atoms with Gasteiger partial charge < -0.3 is 31.4 Å². The lowest BCUT2D eigenvalue weighted by Crippen LogP contribution is -2.27. The molecule has 4 aromatic rings. The van der Waals surface area contributed by atoms with Crippen molar-refractivity contribution in [2.75, 3.05) is 13.2 Å². The van der Waals surface area contributed by atoms with Gasteiger partial charge in [-0.05, 0) is 54.1 Å². The van der Waals surface area contributed by atoms with Gasteiger partial charge in [0.05, 0.1) is 29.6 Å². The summed E-state index contributed by atoms with van der Waals surface area (Å²) in [4.78, 5) is 19.8. The SMILES string of the molecule is N=C(N)c1ccc2nc(-c3cc(CC(=O)NCCO)cc(-c4cc(F)ccc4O)c3O)[nH]c2c1. The first-order valence-corrected chi connectivity index (χ1v) is 10.3. The number of aliphatic hydroxyl groups is 1. The molecule has 0 saturated heterocycles. The minimum atomic E-state index is -0.611. The number of phenols is 2. The Morgan fingerprint density at radius 1 is 1.09 bits per heavy atom. The van der Waals surface area contributed by atoms with Gasteiger partial charge in [-0.25, -0.2) is 9.37 Å². The topological polar surface area (TPSA) is 168 Å². The van der Waals surface area contributed by atoms with Crippen LogP contribution in [0.4, 0.5) is 4.39 Å². The van der Waals surface area contributed by atoms with Crippen molar-refractivity contribution >= 4 is 22.8 Å². The van der Waals surface area contributed by atoms with Crippen molar-refractivity contribution in [3.63, 3.8) is 0 Å². The number of aromatic amines is 1. The molecule has 34 heavy (non-hydrogen) atoms. The number of hydrogen-bond acceptors (Lipinski definition) is 6. The lowest BCUT2D eigenvalue weighted by Gasteiger charge is -2.14. The van der Waals surface area contributed by atoms with E-state index in [2.05, 4.69) is 15.3 Å². The highest BCUT2D eigenvalue weighted by atomic mass is 19.1. The largest absolute Gasteiger partial charge is 0.507 e. The van der Waals surface area contributed by atoms with Gasteiger partial charge in [0.25, 0.3) is 0 Å². The number of carbonyl (C=O) groups is 1. The zero-order valence-electron chi connectivity index (χ0n) is 17.9. The van der Waals surface area contributed by atoms with Crippen LogP contribution in [0.5, 0.6) is 11.5 Å². The van der Waals surface area contributed by atoms with Gasteiger partial charge in [0.15, 0.2) is 0 Å². The van der Waals surface area contributed by atoms with E-state index < -0.39 is 5.82 Å². The number of amides is 1. The van der Waals surface area contributed by atoms with Gasteiger partial charge in [-0.1, -0.05) is 0 Å². The second-order valence-electron chi connectivity index (χ2n) is 7.68. The molecule has 0 spiro atoms. The summed E-state index contributed by atoms with van der Waals surface area (Å²) in [5.74, 6) is -1.34. The van der Waals surface area contributed by atoms with Gasteiger partial charge in [0.2, 0.25) is 5.91 Å². The molecular formula is C24H22FN5O4. The maximum absolute atomic E-state index is 14.0. The number of aromatic nitrogens is 2. The number of rotatable bonds is 7. The molecular weight excluding hydrogens is 441 g/mol. The van der Waals surface area contributed by atoms with E-state index in [4.69, 9.17) is 16.2 Å². The molecule has 0 saturated carbocycles. The van der Waals surface area contributed by atoms with Gasteiger partial charge in [-0.15, -0.1) is 0 Å². The predicted molar refractivity (Wildman–Crippen MR) is 125 cm³/mol. The van der Waals surface area contributed by atoms with Crippen LogP contribution >= 0.6 is 0 Å². The number of nitrogens with zero attached hydrogens (tertiary/aromatic N) is 1. The second-order valence-corrected chi connectivity index (χ2v) is 7.68. The van der Waals surface area contributed by atoms with Crippen LogP contribution < -0.4 is 11.1 Å². The number of nitrogen functional groups attached to an aromatic ring is 1. The fourth-order valence-corrected chi connectivity index (χ4v) is 3.65. The molecule has 0 aliphatic carbocycles. The Kier molecular flexibility index (Phi) is 6.15. The third-order valence-corrected chi connectivity index (χ3v) is 5.27. The fraction of sp³-hybridized carbons (Fsp3) is 0.125. The first kappa shape index (κ1) is 22.7. The van der Waals surface area contributed by atoms with E-state index in [-0.39, 0.29) is 65.3 Å². The molecule has 1 heterocycles. The summed E-state index contributed by atoms with van der Waals surface area (Å²) in [6.07, 6.45) is -0.0922. The molecule has 0 fully saturated rings. The number of carbonyl (C=O) groups excluding carboxylic acids is 1. The first-order chi connectivity index (χ1) is 16.3. The number of halogens is 1. The zero-order chi connectivity index (χ0) is 24.4. The van der Waals surface area contributed by atoms with E-state index in [1.807, 2.05) is 0 Å². The molecule has 174 valence electrons. The molecule has 10 heteroatoms. The quantitative estimate of drug-likeness (QED) is 0.164. The molecule has 0 unspecified atom stereocenters. The summed E-state index contributed by atoms with van der Waals surface area (Å²) < 4.78 is 14.0. The van der Waals surface area contributed by atoms with Crippen LogP contribution in [0.3, 0.4) is 0 Å². The number of nitrogens with one attached hydrogen (secondary N) is 3. The Morgan fingerprint density at radius 2 is 1.85 bits per heavy atom. The van der Waals surface area contributed by atoms with Crippen molar-refractivity contribution in [3.05, 3.63) is 65.5 Å². The predicted octanol–water partition coefficient (Wildman–Crippen LogP) is 2.38. The number of amidine groups is 1. The van der Waals surface area contributed by atoms with Crippen LogP contribution in [0.15, 0.2) is 48.5 Å². The summed E-state index contributed by atoms with van der Waals surface area (Å²) in [6.45, 7) is -0.125. The van der Waals surface area contributed by atoms with Gasteiger partial charge in [-0.3, -0.25) is 10.2 Å². The summed E-state index contributed by atoms with van der Waals surface area (Å²) in [5.41, 5.74) is 8.04. The second kappa shape index (κ2) is 9.20. The molecule has 0 aliphatic heterocycles. The molecule has 0 atom stereocenters. The van der Waals surface area contributed by atoms with Crippen molar-refractivity contribution in [1.29, 1.82) is 5.41 Å². The summed E-state index contributed by atoms with van der Waals surface area (Å²) in [5, 5.41) is 40.5. The van der Waals surface area contributed by atoms with Gasteiger partial charge >= 0.3 is 0 Å². The van der Waals surface area contributed by atoms with Crippen LogP contribution in [0.1, 0.15) is 11.1 Å². The molecule has 0 radical (unpaired) electrons. The highest BCUT2D eigenvalue weighted by molar-refractivity contribution is 5.98. The monoisotopic (exact) mass is 463 g/mol. The first-order valence-electron chi connectivity index (χ1n) is 10.3. The van der Waals surface area contributed by atoms with Crippen LogP contribution in [0.25, 0.3) is 33.5 Å². The number of phenolic OH excluding ortho intramolecular Hbond substituents is 2. The Morgan fingerprint density at radius 3 is 2.59 bits per heavy atom. The Bertz CT molecular complexity index is 1420. The van der Waals surface area contributed by atoms with Crippen molar-refractivity contribution < 1.29 is 24.5 Å². The zero-order valence-corrected chi connectivity index (χ0v) is 17.9. The van der Waals surface area contributed by atoms with Crippen LogP contribution in [0.2, 0.25) is 0 Å². The van der Waals surface area contributed by atoms with E-state index in [9.17, 15) is 19.4 Å². The fourth-order valence-electron chi connectivity index (χ4n) is 3.65. The molecule has 0 bridgehead atoms. The van der Waals surface area contributed by atoms with Gasteiger partial charge in [-0.2, -0.15) is 0 Å². The van der Waals surface area contributed by atoms with Crippen molar-refractivity contribution in [3.8, 4) is 34.0 Å². The molecule has 1 aromatic heterocycles. The average molecular weight is 463 g/mol. The molecule has 1 amide bonds. The van der Waals surface area contributed by atoms with E-state index in [0.717, 1.165) is 12.1 Å². The van der Waals surface area contributed by atoms with E-state index in [1.165, 1.54) is 12.1 Å². The molecule has 3 aromatic carbocycles. The Balaban J connectivity index is 1.88. The van der Waals surface area contributed by atoms with Gasteiger partial charge in [0.1, 0.15) is 29.0 Å². The third-order valence-electron chi connectivity index (χ3n) is 5.27. The van der Waals surface area contributed by atoms with Gasteiger partial charge in [0, 0.05) is 23.2 Å². The maximum Gasteiger partial charge on any atom is 0.224 e. The smallest absolute Gasteiger partial charge is 0.224 e. The summed E-state index contributed by atoms with van der Waals surface area (Å²) in [7, 11) is 0. The molecule has 8 N–H and O–H groups in total. The lowest BCUT2D eigenvalue weighted by atomic mass is 9.95. The van der Waals surface area contributed by atoms with Crippen molar-refractivity contribution in [2.45, 2.75) is 6.42 Å². The molecule has 9 nitrogen and oxygen atoms in total. The highest BCUT2D eigenvalue weighted by Gasteiger charge is 2.20. The molecule has 4 rings (SSSR count). The molecule has 0 aliphatic rings. The average Bonchev–Trinajstić information content (AvgIpc) is 3.23. The Labute approximate surface area is 193 Å². The minimum Gasteiger partial charge on any atom is -0.507 e. The normalized spacial score (nSPS) is 11.0. The number of aliphatic hydroxyl groups excluding tert-OH is 1. The number of imidazole rings is 1. The standard InChI is InChI=1S/C24H22FN5O4/c25-14-2-4-20(32)15(11-14)16-7-12(9-21(33)28-5-6-31)8-17(22(16)34)24-29-18-3-1-13(23(26)27)10-19(18)30-24/h1-4,7-8,10-11,31-32,34H,5-6,9H2,(H3,26,27)(H,28,33)(H,29,30). The van der Waals surface area contributed by atoms with E-state index >= 15 is 0 Å². The maximum atomic E-state index is 14.0. The Hall–Kier alpha value is -4.44. The van der Waals surface area contributed by atoms with Crippen LogP contribution in [-0.2, 0) is 11.2 Å². The summed E-state index contributed by atoms with van der Waals surface area (Å²) in [6, 6.07) is 11.4. The van der Waals surface area contributed by atoms with E-state index in [1.54, 1.807) is 24.3 Å². The van der Waals surface area contributed by atoms with Crippen molar-refractivity contribution in [1.82, 2.24) is 15.3 Å². The van der Waals surface area contributed by atoms with Crippen LogP contribution in [0, 0.1) is 11.2 Å². The lowest BCUT2D eigenvalue weighted by molar-refractivity contribution is -0.120. The van der Waals surface area contributed by atoms with Crippen molar-refractivity contribution in [2.24, 2.45) is 5.73 Å². The number of hydrogen-bond donors (Lipinski definition) is 7. The number of H-pyrrole nitrogens is 1. The summed E-state index contributed by atoms with van der Waals surface area (Å²) >= 11 is 0.